The number of hydrogen-bond acceptors (Lipinski definition) is 4. The van der Waals surface area contributed by atoms with Gasteiger partial charge in [0.15, 0.2) is 0 Å². The summed E-state index contributed by atoms with van der Waals surface area (Å²) < 4.78 is 14.2. The van der Waals surface area contributed by atoms with Gasteiger partial charge in [-0.25, -0.2) is 4.39 Å². The first-order valence-corrected chi connectivity index (χ1v) is 8.94. The summed E-state index contributed by atoms with van der Waals surface area (Å²) in [4.78, 5) is 17.1. The highest BCUT2D eigenvalue weighted by molar-refractivity contribution is 7.21. The van der Waals surface area contributed by atoms with Crippen molar-refractivity contribution in [3.05, 3.63) is 75.6 Å². The molecule has 1 amide bonds. The molecule has 0 radical (unpaired) electrons. The molecule has 0 bridgehead atoms. The lowest BCUT2D eigenvalue weighted by Gasteiger charge is -1.99. The van der Waals surface area contributed by atoms with Crippen LogP contribution in [0.2, 0.25) is 5.02 Å². The van der Waals surface area contributed by atoms with Crippen molar-refractivity contribution in [3.63, 3.8) is 0 Å². The molecule has 130 valence electrons. The van der Waals surface area contributed by atoms with Crippen LogP contribution in [0.15, 0.2) is 48.5 Å². The predicted molar refractivity (Wildman–Crippen MR) is 100 cm³/mol. The van der Waals surface area contributed by atoms with Crippen LogP contribution in [-0.2, 0) is 6.42 Å². The molecule has 0 aliphatic rings. The van der Waals surface area contributed by atoms with E-state index in [2.05, 4.69) is 20.5 Å². The summed E-state index contributed by atoms with van der Waals surface area (Å²) in [5.41, 5.74) is 0.756. The van der Waals surface area contributed by atoms with Crippen molar-refractivity contribution in [2.45, 2.75) is 6.42 Å². The first-order chi connectivity index (χ1) is 12.6. The average Bonchev–Trinajstić information content (AvgIpc) is 3.20. The lowest BCUT2D eigenvalue weighted by molar-refractivity contribution is 0.103. The minimum atomic E-state index is -0.368. The zero-order valence-corrected chi connectivity index (χ0v) is 14.9. The number of H-pyrrole nitrogens is 1. The summed E-state index contributed by atoms with van der Waals surface area (Å²) in [6.07, 6.45) is 0.379. The molecule has 0 aliphatic heterocycles. The zero-order valence-electron chi connectivity index (χ0n) is 13.3. The van der Waals surface area contributed by atoms with E-state index in [1.807, 2.05) is 24.3 Å². The van der Waals surface area contributed by atoms with Gasteiger partial charge < -0.3 is 0 Å². The molecule has 4 aromatic rings. The minimum absolute atomic E-state index is 0.148. The topological polar surface area (TPSA) is 70.7 Å². The van der Waals surface area contributed by atoms with Gasteiger partial charge in [-0.2, -0.15) is 4.98 Å². The third kappa shape index (κ3) is 3.31. The van der Waals surface area contributed by atoms with Gasteiger partial charge in [-0.3, -0.25) is 15.2 Å². The zero-order chi connectivity index (χ0) is 18.1. The number of halogens is 2. The van der Waals surface area contributed by atoms with Crippen LogP contribution in [0, 0.1) is 5.82 Å². The van der Waals surface area contributed by atoms with Gasteiger partial charge >= 0.3 is 0 Å². The monoisotopic (exact) mass is 386 g/mol. The van der Waals surface area contributed by atoms with E-state index in [1.165, 1.54) is 23.5 Å². The van der Waals surface area contributed by atoms with Crippen LogP contribution >= 0.6 is 22.9 Å². The Labute approximate surface area is 156 Å². The molecule has 2 heterocycles. The van der Waals surface area contributed by atoms with E-state index in [9.17, 15) is 9.18 Å². The van der Waals surface area contributed by atoms with E-state index in [4.69, 9.17) is 11.6 Å². The molecule has 0 saturated heterocycles. The smallest absolute Gasteiger partial charge is 0.269 e. The van der Waals surface area contributed by atoms with E-state index in [-0.39, 0.29) is 17.7 Å². The number of nitrogens with zero attached hydrogens (tertiary/aromatic N) is 2. The van der Waals surface area contributed by atoms with Gasteiger partial charge in [-0.15, -0.1) is 16.4 Å². The molecule has 2 aromatic heterocycles. The predicted octanol–water partition coefficient (Wildman–Crippen LogP) is 4.66. The van der Waals surface area contributed by atoms with E-state index < -0.39 is 0 Å². The van der Waals surface area contributed by atoms with Crippen LogP contribution in [0.25, 0.3) is 10.1 Å². The van der Waals surface area contributed by atoms with Crippen molar-refractivity contribution in [2.75, 3.05) is 5.32 Å². The molecule has 0 unspecified atom stereocenters. The maximum Gasteiger partial charge on any atom is 0.269 e. The molecule has 0 fully saturated rings. The van der Waals surface area contributed by atoms with Crippen LogP contribution in [0.3, 0.4) is 0 Å². The Kier molecular flexibility index (Phi) is 4.40. The summed E-state index contributed by atoms with van der Waals surface area (Å²) in [7, 11) is 0. The number of hydrogen-bond donors (Lipinski definition) is 2. The Bertz CT molecular complexity index is 1110. The second kappa shape index (κ2) is 6.86. The number of anilines is 1. The van der Waals surface area contributed by atoms with Crippen molar-refractivity contribution in [1.29, 1.82) is 0 Å². The van der Waals surface area contributed by atoms with E-state index >= 15 is 0 Å². The number of fused-ring (bicyclic) bond motifs is 1. The van der Waals surface area contributed by atoms with E-state index in [0.29, 0.717) is 22.1 Å². The summed E-state index contributed by atoms with van der Waals surface area (Å²) in [6.45, 7) is 0. The third-order valence-electron chi connectivity index (χ3n) is 3.76. The standard InChI is InChI=1S/C18H12ClFN4OS/c19-15-12-6-1-2-7-13(12)26-16(15)17(25)22-18-21-14(23-24-18)9-10-4-3-5-11(20)8-10/h1-8H,9H2,(H2,21,22,23,24,25). The molecular formula is C18H12ClFN4OS. The van der Waals surface area contributed by atoms with Gasteiger partial charge in [-0.1, -0.05) is 41.9 Å². The number of aromatic nitrogens is 3. The SMILES string of the molecule is O=C(Nc1n[nH]c(Cc2cccc(F)c2)n1)c1sc2ccccc2c1Cl. The Hall–Kier alpha value is -2.77. The van der Waals surface area contributed by atoms with Crippen LogP contribution in [-0.4, -0.2) is 21.1 Å². The Morgan fingerprint density at radius 2 is 2.08 bits per heavy atom. The Morgan fingerprint density at radius 3 is 2.88 bits per heavy atom. The summed E-state index contributed by atoms with van der Waals surface area (Å²) in [5.74, 6) is -0.00860. The molecule has 4 rings (SSSR count). The van der Waals surface area contributed by atoms with Gasteiger partial charge in [-0.05, 0) is 23.8 Å². The Balaban J connectivity index is 1.51. The van der Waals surface area contributed by atoms with Gasteiger partial charge in [0, 0.05) is 16.5 Å². The first kappa shape index (κ1) is 16.7. The molecule has 5 nitrogen and oxygen atoms in total. The lowest BCUT2D eigenvalue weighted by Crippen LogP contribution is -2.11. The quantitative estimate of drug-likeness (QED) is 0.536. The average molecular weight is 387 g/mol. The van der Waals surface area contributed by atoms with Crippen LogP contribution in [0.1, 0.15) is 21.1 Å². The normalized spacial score (nSPS) is 11.0. The number of aromatic amines is 1. The summed E-state index contributed by atoms with van der Waals surface area (Å²) in [5, 5.41) is 10.6. The molecule has 2 N–H and O–H groups in total. The highest BCUT2D eigenvalue weighted by Gasteiger charge is 2.18. The van der Waals surface area contributed by atoms with Crippen LogP contribution < -0.4 is 5.32 Å². The van der Waals surface area contributed by atoms with Crippen molar-refractivity contribution in [2.24, 2.45) is 0 Å². The second-order valence-electron chi connectivity index (χ2n) is 5.61. The highest BCUT2D eigenvalue weighted by atomic mass is 35.5. The third-order valence-corrected chi connectivity index (χ3v) is 5.43. The molecule has 0 atom stereocenters. The summed E-state index contributed by atoms with van der Waals surface area (Å²) in [6, 6.07) is 13.8. The molecule has 0 aliphatic carbocycles. The first-order valence-electron chi connectivity index (χ1n) is 7.74. The van der Waals surface area contributed by atoms with Crippen molar-refractivity contribution >= 4 is 44.9 Å². The number of carbonyl (C=O) groups is 1. The number of rotatable bonds is 4. The molecule has 0 spiro atoms. The molecule has 2 aromatic carbocycles. The highest BCUT2D eigenvalue weighted by Crippen LogP contribution is 2.35. The summed E-state index contributed by atoms with van der Waals surface area (Å²) >= 11 is 7.62. The fourth-order valence-electron chi connectivity index (χ4n) is 2.59. The molecular weight excluding hydrogens is 375 g/mol. The minimum Gasteiger partial charge on any atom is -0.288 e. The van der Waals surface area contributed by atoms with Gasteiger partial charge in [0.1, 0.15) is 16.5 Å². The van der Waals surface area contributed by atoms with E-state index in [0.717, 1.165) is 15.6 Å². The fourth-order valence-corrected chi connectivity index (χ4v) is 4.00. The largest absolute Gasteiger partial charge is 0.288 e. The lowest BCUT2D eigenvalue weighted by atomic mass is 10.1. The number of benzene rings is 2. The number of nitrogens with one attached hydrogen (secondary N) is 2. The number of carbonyl (C=O) groups excluding carboxylic acids is 1. The van der Waals surface area contributed by atoms with Gasteiger partial charge in [0.2, 0.25) is 5.95 Å². The van der Waals surface area contributed by atoms with Gasteiger partial charge in [0.05, 0.1) is 5.02 Å². The Morgan fingerprint density at radius 1 is 1.23 bits per heavy atom. The van der Waals surface area contributed by atoms with Crippen molar-refractivity contribution in [1.82, 2.24) is 15.2 Å². The molecule has 8 heteroatoms. The second-order valence-corrected chi connectivity index (χ2v) is 7.04. The number of amides is 1. The van der Waals surface area contributed by atoms with Crippen molar-refractivity contribution in [3.8, 4) is 0 Å². The molecule has 26 heavy (non-hydrogen) atoms. The fraction of sp³-hybridized carbons (Fsp3) is 0.0556. The van der Waals surface area contributed by atoms with Crippen LogP contribution in [0.5, 0.6) is 0 Å². The van der Waals surface area contributed by atoms with Crippen molar-refractivity contribution < 1.29 is 9.18 Å². The maximum absolute atomic E-state index is 13.2. The maximum atomic E-state index is 13.2. The van der Waals surface area contributed by atoms with E-state index in [1.54, 1.807) is 12.1 Å². The number of thiophene rings is 1. The van der Waals surface area contributed by atoms with Gasteiger partial charge in [0.25, 0.3) is 5.91 Å². The molecule has 0 saturated carbocycles. The van der Waals surface area contributed by atoms with Crippen LogP contribution in [0.4, 0.5) is 10.3 Å².